The quantitative estimate of drug-likeness (QED) is 0.211. The van der Waals surface area contributed by atoms with E-state index in [4.69, 9.17) is 14.3 Å². The molecule has 2 aliphatic rings. The third kappa shape index (κ3) is 6.69. The highest BCUT2D eigenvalue weighted by Gasteiger charge is 2.43. The van der Waals surface area contributed by atoms with Crippen LogP contribution in [0.1, 0.15) is 59.3 Å². The van der Waals surface area contributed by atoms with Crippen molar-refractivity contribution < 1.29 is 29.0 Å². The number of hydrogen-bond donors (Lipinski definition) is 1. The molecular weight excluding hydrogens is 508 g/mol. The fourth-order valence-electron chi connectivity index (χ4n) is 5.35. The van der Waals surface area contributed by atoms with Crippen molar-refractivity contribution in [3.8, 4) is 0 Å². The molecule has 0 bridgehead atoms. The molecule has 1 amide bonds. The third-order valence-electron chi connectivity index (χ3n) is 7.55. The highest BCUT2D eigenvalue weighted by Crippen LogP contribution is 2.40. The number of esters is 1. The van der Waals surface area contributed by atoms with Crippen LogP contribution < -0.4 is 0 Å². The lowest BCUT2D eigenvalue weighted by molar-refractivity contribution is -0.149. The fourth-order valence-corrected chi connectivity index (χ4v) is 5.35. The Bertz CT molecular complexity index is 1220. The van der Waals surface area contributed by atoms with Crippen molar-refractivity contribution in [3.05, 3.63) is 95.6 Å². The topological polar surface area (TPSA) is 97.7 Å². The van der Waals surface area contributed by atoms with Crippen molar-refractivity contribution in [2.75, 3.05) is 13.7 Å². The maximum Gasteiger partial charge on any atom is 0.328 e. The lowest BCUT2D eigenvalue weighted by atomic mass is 9.82. The fraction of sp³-hybridized carbons (Fsp3) is 0.406. The van der Waals surface area contributed by atoms with E-state index < -0.39 is 24.2 Å². The van der Waals surface area contributed by atoms with Crippen molar-refractivity contribution in [2.45, 2.75) is 63.5 Å². The average Bonchev–Trinajstić information content (AvgIpc) is 2.98. The first-order valence-corrected chi connectivity index (χ1v) is 13.7. The Morgan fingerprint density at radius 2 is 1.85 bits per heavy atom. The number of aliphatic hydroxyl groups excluding tert-OH is 1. The van der Waals surface area contributed by atoms with Gasteiger partial charge in [-0.1, -0.05) is 66.2 Å². The van der Waals surface area contributed by atoms with Gasteiger partial charge in [-0.05, 0) is 61.4 Å². The number of likely N-dealkylation sites (tertiary alicyclic amines) is 1. The third-order valence-corrected chi connectivity index (χ3v) is 7.55. The SMILES string of the molecule is C=CC[C@@H]1C=C[C@H](O/N=C/c2ccc(C(=O)N3[C@H](c4ccc(C)cc4)[C@@H](C)CC[C@H]3C(=O)OC)cc2)[C@@H](CO)O1. The molecule has 1 N–H and O–H groups in total. The second-order valence-corrected chi connectivity index (χ2v) is 10.4. The second-order valence-electron chi connectivity index (χ2n) is 10.4. The van der Waals surface area contributed by atoms with E-state index in [1.807, 2.05) is 43.3 Å². The van der Waals surface area contributed by atoms with Crippen molar-refractivity contribution in [1.29, 1.82) is 0 Å². The van der Waals surface area contributed by atoms with E-state index >= 15 is 0 Å². The van der Waals surface area contributed by atoms with Crippen LogP contribution in [-0.4, -0.2) is 66.2 Å². The second kappa shape index (κ2) is 13.5. The summed E-state index contributed by atoms with van der Waals surface area (Å²) in [6, 6.07) is 14.2. The van der Waals surface area contributed by atoms with Crippen LogP contribution in [0.2, 0.25) is 0 Å². The number of ether oxygens (including phenoxy) is 2. The summed E-state index contributed by atoms with van der Waals surface area (Å²) in [6.45, 7) is 7.66. The standard InChI is InChI=1S/C32H38N2O6/c1-5-6-26-16-18-28(29(20-35)39-26)40-33-19-23-10-14-25(15-11-23)31(36)34-27(32(37)38-4)17-9-22(3)30(34)24-12-7-21(2)8-13-24/h5,7-8,10-16,18-19,22,26-30,35H,1,6,9,17,20H2,2-4H3/b33-19+/t22-,26+,27-,28-,29+,30-/m0/s1. The zero-order valence-electron chi connectivity index (χ0n) is 23.3. The van der Waals surface area contributed by atoms with Gasteiger partial charge in [-0.25, -0.2) is 4.79 Å². The van der Waals surface area contributed by atoms with Gasteiger partial charge in [0.05, 0.1) is 32.1 Å². The molecule has 212 valence electrons. The molecule has 8 nitrogen and oxygen atoms in total. The van der Waals surface area contributed by atoms with Crippen LogP contribution in [0.4, 0.5) is 0 Å². The summed E-state index contributed by atoms with van der Waals surface area (Å²) in [5.74, 6) is -0.462. The molecule has 2 heterocycles. The van der Waals surface area contributed by atoms with E-state index in [0.717, 1.165) is 23.1 Å². The number of methoxy groups -OCH3 is 1. The Balaban J connectivity index is 1.51. The number of rotatable bonds is 9. The number of hydrogen-bond acceptors (Lipinski definition) is 7. The minimum Gasteiger partial charge on any atom is -0.467 e. The smallest absolute Gasteiger partial charge is 0.328 e. The first kappa shape index (κ1) is 29.2. The molecule has 2 aliphatic heterocycles. The molecule has 0 aromatic heterocycles. The number of aryl methyl sites for hydroxylation is 1. The van der Waals surface area contributed by atoms with E-state index in [-0.39, 0.29) is 30.6 Å². The Hall–Kier alpha value is -3.75. The van der Waals surface area contributed by atoms with Crippen LogP contribution in [0.25, 0.3) is 0 Å². The summed E-state index contributed by atoms with van der Waals surface area (Å²) in [4.78, 5) is 33.9. The Morgan fingerprint density at radius 1 is 1.12 bits per heavy atom. The molecule has 0 aliphatic carbocycles. The van der Waals surface area contributed by atoms with Crippen LogP contribution in [0.5, 0.6) is 0 Å². The van der Waals surface area contributed by atoms with Gasteiger partial charge in [0.25, 0.3) is 5.91 Å². The monoisotopic (exact) mass is 546 g/mol. The van der Waals surface area contributed by atoms with E-state index in [1.165, 1.54) is 7.11 Å². The molecule has 0 saturated carbocycles. The minimum atomic E-state index is -0.661. The van der Waals surface area contributed by atoms with E-state index in [0.29, 0.717) is 18.4 Å². The van der Waals surface area contributed by atoms with Gasteiger partial charge in [0, 0.05) is 5.56 Å². The summed E-state index contributed by atoms with van der Waals surface area (Å²) in [5, 5.41) is 13.7. The molecule has 1 fully saturated rings. The molecular formula is C32H38N2O6. The van der Waals surface area contributed by atoms with Gasteiger partial charge in [-0.2, -0.15) is 0 Å². The van der Waals surface area contributed by atoms with E-state index in [2.05, 4.69) is 18.7 Å². The number of nitrogens with zero attached hydrogens (tertiary/aromatic N) is 2. The van der Waals surface area contributed by atoms with Gasteiger partial charge in [-0.15, -0.1) is 6.58 Å². The maximum absolute atomic E-state index is 13.9. The highest BCUT2D eigenvalue weighted by atomic mass is 16.7. The van der Waals surface area contributed by atoms with Crippen molar-refractivity contribution in [2.24, 2.45) is 11.1 Å². The maximum atomic E-state index is 13.9. The lowest BCUT2D eigenvalue weighted by Gasteiger charge is -2.44. The number of piperidine rings is 1. The molecule has 0 radical (unpaired) electrons. The summed E-state index contributed by atoms with van der Waals surface area (Å²) < 4.78 is 10.9. The Morgan fingerprint density at radius 3 is 2.50 bits per heavy atom. The van der Waals surface area contributed by atoms with Crippen LogP contribution in [-0.2, 0) is 19.1 Å². The number of benzene rings is 2. The Kier molecular flexibility index (Phi) is 9.90. The lowest BCUT2D eigenvalue weighted by Crippen LogP contribution is -2.52. The van der Waals surface area contributed by atoms with Gasteiger partial charge in [0.1, 0.15) is 12.1 Å². The normalized spacial score (nSPS) is 26.4. The molecule has 40 heavy (non-hydrogen) atoms. The number of carbonyl (C=O) groups excluding carboxylic acids is 2. The average molecular weight is 547 g/mol. The molecule has 6 atom stereocenters. The van der Waals surface area contributed by atoms with E-state index in [9.17, 15) is 14.7 Å². The number of aliphatic hydroxyl groups is 1. The largest absolute Gasteiger partial charge is 0.467 e. The number of amides is 1. The zero-order chi connectivity index (χ0) is 28.6. The summed E-state index contributed by atoms with van der Waals surface area (Å²) in [6.07, 6.45) is 7.84. The molecule has 1 saturated heterocycles. The highest BCUT2D eigenvalue weighted by molar-refractivity contribution is 5.98. The molecule has 4 rings (SSSR count). The van der Waals surface area contributed by atoms with Crippen LogP contribution in [0, 0.1) is 12.8 Å². The predicted molar refractivity (Wildman–Crippen MR) is 153 cm³/mol. The van der Waals surface area contributed by atoms with Gasteiger partial charge < -0.3 is 24.3 Å². The van der Waals surface area contributed by atoms with Gasteiger partial charge >= 0.3 is 5.97 Å². The zero-order valence-corrected chi connectivity index (χ0v) is 23.3. The molecule has 2 aromatic rings. The molecule has 2 aromatic carbocycles. The van der Waals surface area contributed by atoms with Gasteiger partial charge in [0.15, 0.2) is 6.10 Å². The molecule has 8 heteroatoms. The molecule has 0 spiro atoms. The van der Waals surface area contributed by atoms with Crippen LogP contribution >= 0.6 is 0 Å². The van der Waals surface area contributed by atoms with Crippen LogP contribution in [0.3, 0.4) is 0 Å². The summed E-state index contributed by atoms with van der Waals surface area (Å²) in [7, 11) is 1.36. The first-order chi connectivity index (χ1) is 19.4. The summed E-state index contributed by atoms with van der Waals surface area (Å²) >= 11 is 0. The van der Waals surface area contributed by atoms with Gasteiger partial charge in [0.2, 0.25) is 0 Å². The summed E-state index contributed by atoms with van der Waals surface area (Å²) in [5.41, 5.74) is 3.33. The Labute approximate surface area is 235 Å². The first-order valence-electron chi connectivity index (χ1n) is 13.7. The van der Waals surface area contributed by atoms with Crippen LogP contribution in [0.15, 0.2) is 78.5 Å². The predicted octanol–water partition coefficient (Wildman–Crippen LogP) is 4.76. The van der Waals surface area contributed by atoms with Crippen molar-refractivity contribution in [3.63, 3.8) is 0 Å². The number of carbonyl (C=O) groups is 2. The molecule has 0 unspecified atom stereocenters. The number of oxime groups is 1. The van der Waals surface area contributed by atoms with Gasteiger partial charge in [-0.3, -0.25) is 4.79 Å². The van der Waals surface area contributed by atoms with Crippen molar-refractivity contribution in [1.82, 2.24) is 4.90 Å². The minimum absolute atomic E-state index is 0.143. The van der Waals surface area contributed by atoms with E-state index in [1.54, 1.807) is 41.5 Å². The van der Waals surface area contributed by atoms with Crippen molar-refractivity contribution >= 4 is 18.1 Å².